The number of nitrogens with zero attached hydrogens (tertiary/aromatic N) is 3. The molecule has 7 heteroatoms. The minimum absolute atomic E-state index is 0.242. The van der Waals surface area contributed by atoms with Crippen LogP contribution in [0.3, 0.4) is 0 Å². The quantitative estimate of drug-likeness (QED) is 0.451. The third-order valence-corrected chi connectivity index (χ3v) is 4.63. The van der Waals surface area contributed by atoms with E-state index in [1.165, 1.54) is 30.1 Å². The van der Waals surface area contributed by atoms with Crippen molar-refractivity contribution in [2.24, 2.45) is 0 Å². The summed E-state index contributed by atoms with van der Waals surface area (Å²) in [4.78, 5) is 19.6. The average molecular weight is 352 g/mol. The molecular weight excluding hydrogens is 339 g/mol. The van der Waals surface area contributed by atoms with Crippen LogP contribution in [0.15, 0.2) is 70.7 Å². The Morgan fingerprint density at radius 1 is 1.12 bits per heavy atom. The van der Waals surface area contributed by atoms with Crippen LogP contribution in [0.25, 0.3) is 16.7 Å². The Balaban J connectivity index is 1.70. The first-order valence-electron chi connectivity index (χ1n) is 7.61. The number of halogens is 1. The highest BCUT2D eigenvalue weighted by Gasteiger charge is 2.11. The number of rotatable bonds is 4. The van der Waals surface area contributed by atoms with E-state index in [9.17, 15) is 9.18 Å². The van der Waals surface area contributed by atoms with Gasteiger partial charge in [0.1, 0.15) is 11.2 Å². The third-order valence-electron chi connectivity index (χ3n) is 3.68. The van der Waals surface area contributed by atoms with Crippen molar-refractivity contribution in [3.63, 3.8) is 0 Å². The summed E-state index contributed by atoms with van der Waals surface area (Å²) < 4.78 is 14.9. The average Bonchev–Trinajstić information content (AvgIpc) is 3.05. The van der Waals surface area contributed by atoms with Gasteiger partial charge in [-0.05, 0) is 29.8 Å². The maximum absolute atomic E-state index is 13.3. The predicted molar refractivity (Wildman–Crippen MR) is 95.4 cm³/mol. The van der Waals surface area contributed by atoms with E-state index in [2.05, 4.69) is 15.1 Å². The summed E-state index contributed by atoms with van der Waals surface area (Å²) >= 11 is 1.34. The van der Waals surface area contributed by atoms with Gasteiger partial charge < -0.3 is 4.98 Å². The molecule has 0 aliphatic carbocycles. The summed E-state index contributed by atoms with van der Waals surface area (Å²) in [5, 5.41) is 5.17. The van der Waals surface area contributed by atoms with Crippen molar-refractivity contribution >= 4 is 22.8 Å². The Bertz CT molecular complexity index is 1090. The Hall–Kier alpha value is -2.93. The van der Waals surface area contributed by atoms with E-state index < -0.39 is 0 Å². The first-order valence-corrected chi connectivity index (χ1v) is 8.60. The molecule has 0 spiro atoms. The van der Waals surface area contributed by atoms with Crippen LogP contribution in [0, 0.1) is 5.82 Å². The van der Waals surface area contributed by atoms with Crippen molar-refractivity contribution < 1.29 is 4.39 Å². The van der Waals surface area contributed by atoms with Crippen LogP contribution in [0.2, 0.25) is 0 Å². The van der Waals surface area contributed by atoms with E-state index in [1.54, 1.807) is 10.7 Å². The molecule has 4 aromatic rings. The van der Waals surface area contributed by atoms with Gasteiger partial charge in [-0.3, -0.25) is 4.79 Å². The number of aromatic nitrogens is 4. The topological polar surface area (TPSA) is 63.6 Å². The molecule has 0 amide bonds. The van der Waals surface area contributed by atoms with Crippen molar-refractivity contribution in [3.8, 4) is 5.69 Å². The van der Waals surface area contributed by atoms with Crippen LogP contribution in [0.1, 0.15) is 5.56 Å². The van der Waals surface area contributed by atoms with E-state index in [0.717, 1.165) is 11.3 Å². The molecule has 2 heterocycles. The summed E-state index contributed by atoms with van der Waals surface area (Å²) in [6.45, 7) is 0. The van der Waals surface area contributed by atoms with Crippen molar-refractivity contribution in [1.82, 2.24) is 19.7 Å². The fourth-order valence-electron chi connectivity index (χ4n) is 2.50. The Kier molecular flexibility index (Phi) is 4.07. The molecule has 2 aromatic carbocycles. The normalized spacial score (nSPS) is 11.1. The van der Waals surface area contributed by atoms with E-state index >= 15 is 0 Å². The zero-order valence-corrected chi connectivity index (χ0v) is 13.8. The molecule has 1 N–H and O–H groups in total. The van der Waals surface area contributed by atoms with Crippen molar-refractivity contribution in [1.29, 1.82) is 0 Å². The largest absolute Gasteiger partial charge is 0.301 e. The minimum Gasteiger partial charge on any atom is -0.301 e. The van der Waals surface area contributed by atoms with Crippen molar-refractivity contribution in [3.05, 3.63) is 82.5 Å². The lowest BCUT2D eigenvalue weighted by atomic mass is 10.2. The third kappa shape index (κ3) is 3.18. The lowest BCUT2D eigenvalue weighted by molar-refractivity contribution is 0.626. The molecule has 25 heavy (non-hydrogen) atoms. The van der Waals surface area contributed by atoms with E-state index in [4.69, 9.17) is 0 Å². The molecule has 0 atom stereocenters. The highest BCUT2D eigenvalue weighted by molar-refractivity contribution is 7.98. The summed E-state index contributed by atoms with van der Waals surface area (Å²) in [6, 6.07) is 15.9. The molecule has 0 unspecified atom stereocenters. The maximum atomic E-state index is 13.3. The standard InChI is InChI=1S/C18H13FN4OS/c19-13-6-4-5-12(9-13)11-25-18-21-16-15(17(24)22-18)10-20-23(16)14-7-2-1-3-8-14/h1-10H,11H2,(H,21,22,24). The van der Waals surface area contributed by atoms with Gasteiger partial charge in [0, 0.05) is 5.75 Å². The van der Waals surface area contributed by atoms with Crippen LogP contribution < -0.4 is 5.56 Å². The van der Waals surface area contributed by atoms with Gasteiger partial charge in [0.15, 0.2) is 10.8 Å². The molecule has 0 aliphatic rings. The smallest absolute Gasteiger partial charge is 0.262 e. The van der Waals surface area contributed by atoms with Crippen LogP contribution in [-0.2, 0) is 5.75 Å². The van der Waals surface area contributed by atoms with E-state index in [-0.39, 0.29) is 11.4 Å². The number of thioether (sulfide) groups is 1. The summed E-state index contributed by atoms with van der Waals surface area (Å²) in [7, 11) is 0. The molecule has 2 aromatic heterocycles. The van der Waals surface area contributed by atoms with Gasteiger partial charge in [-0.25, -0.2) is 14.1 Å². The van der Waals surface area contributed by atoms with Crippen LogP contribution >= 0.6 is 11.8 Å². The monoisotopic (exact) mass is 352 g/mol. The molecule has 0 saturated heterocycles. The first-order chi connectivity index (χ1) is 12.2. The number of benzene rings is 2. The zero-order chi connectivity index (χ0) is 17.2. The van der Waals surface area contributed by atoms with Gasteiger partial charge in [-0.2, -0.15) is 5.10 Å². The molecular formula is C18H13FN4OS. The van der Waals surface area contributed by atoms with E-state index in [0.29, 0.717) is 21.9 Å². The highest BCUT2D eigenvalue weighted by Crippen LogP contribution is 2.21. The number of nitrogens with one attached hydrogen (secondary N) is 1. The number of hydrogen-bond acceptors (Lipinski definition) is 4. The number of H-pyrrole nitrogens is 1. The Morgan fingerprint density at radius 3 is 2.76 bits per heavy atom. The van der Waals surface area contributed by atoms with Gasteiger partial charge >= 0.3 is 0 Å². The van der Waals surface area contributed by atoms with Gasteiger partial charge in [-0.15, -0.1) is 0 Å². The first kappa shape index (κ1) is 15.6. The Morgan fingerprint density at radius 2 is 1.96 bits per heavy atom. The summed E-state index contributed by atoms with van der Waals surface area (Å²) in [6.07, 6.45) is 1.51. The van der Waals surface area contributed by atoms with Crippen LogP contribution in [0.4, 0.5) is 4.39 Å². The molecule has 0 bridgehead atoms. The molecule has 0 radical (unpaired) electrons. The van der Waals surface area contributed by atoms with Crippen LogP contribution in [-0.4, -0.2) is 19.7 Å². The second-order valence-corrected chi connectivity index (χ2v) is 6.38. The van der Waals surface area contributed by atoms with Gasteiger partial charge in [0.25, 0.3) is 5.56 Å². The van der Waals surface area contributed by atoms with Gasteiger partial charge in [-0.1, -0.05) is 42.1 Å². The fraction of sp³-hybridized carbons (Fsp3) is 0.0556. The predicted octanol–water partition coefficient (Wildman–Crippen LogP) is 3.54. The molecule has 5 nitrogen and oxygen atoms in total. The molecule has 124 valence electrons. The number of hydrogen-bond donors (Lipinski definition) is 1. The molecule has 0 fully saturated rings. The second kappa shape index (κ2) is 6.52. The maximum Gasteiger partial charge on any atom is 0.262 e. The van der Waals surface area contributed by atoms with Gasteiger partial charge in [0.05, 0.1) is 11.9 Å². The molecule has 0 aliphatic heterocycles. The fourth-order valence-corrected chi connectivity index (χ4v) is 3.30. The number of fused-ring (bicyclic) bond motifs is 1. The van der Waals surface area contributed by atoms with Crippen molar-refractivity contribution in [2.75, 3.05) is 0 Å². The molecule has 4 rings (SSSR count). The Labute approximate surface area is 146 Å². The highest BCUT2D eigenvalue weighted by atomic mass is 32.2. The second-order valence-electron chi connectivity index (χ2n) is 5.42. The zero-order valence-electron chi connectivity index (χ0n) is 13.0. The van der Waals surface area contributed by atoms with Crippen molar-refractivity contribution in [2.45, 2.75) is 10.9 Å². The van der Waals surface area contributed by atoms with E-state index in [1.807, 2.05) is 36.4 Å². The number of para-hydroxylation sites is 1. The van der Waals surface area contributed by atoms with Crippen LogP contribution in [0.5, 0.6) is 0 Å². The number of aromatic amines is 1. The summed E-state index contributed by atoms with van der Waals surface area (Å²) in [5.41, 5.74) is 1.91. The lowest BCUT2D eigenvalue weighted by Gasteiger charge is -2.04. The summed E-state index contributed by atoms with van der Waals surface area (Å²) in [5.74, 6) is 0.225. The minimum atomic E-state index is -0.280. The molecule has 0 saturated carbocycles. The van der Waals surface area contributed by atoms with Gasteiger partial charge in [0.2, 0.25) is 0 Å². The lowest BCUT2D eigenvalue weighted by Crippen LogP contribution is -2.09. The SMILES string of the molecule is O=c1[nH]c(SCc2cccc(F)c2)nc2c1cnn2-c1ccccc1.